The average molecular weight is 208 g/mol. The standard InChI is InChI=1S/C16H16/c1-2-6-13(7-3-1)16-11-10-14-8-4-5-9-15(14)12-16/h1-3,6-7,10-12H,4-5,8-9H2. The molecular weight excluding hydrogens is 192 g/mol. The lowest BCUT2D eigenvalue weighted by Gasteiger charge is -2.16. The van der Waals surface area contributed by atoms with E-state index in [2.05, 4.69) is 48.5 Å². The molecule has 80 valence electrons. The minimum absolute atomic E-state index is 1.26. The van der Waals surface area contributed by atoms with Crippen LogP contribution in [0.4, 0.5) is 0 Å². The smallest absolute Gasteiger partial charge is 0.0181 e. The van der Waals surface area contributed by atoms with Crippen LogP contribution in [-0.4, -0.2) is 0 Å². The van der Waals surface area contributed by atoms with Gasteiger partial charge in [-0.2, -0.15) is 0 Å². The normalized spacial score (nSPS) is 14.5. The van der Waals surface area contributed by atoms with E-state index in [9.17, 15) is 0 Å². The van der Waals surface area contributed by atoms with Gasteiger partial charge in [0, 0.05) is 0 Å². The number of benzene rings is 2. The minimum atomic E-state index is 1.26. The van der Waals surface area contributed by atoms with Crippen molar-refractivity contribution >= 4 is 0 Å². The van der Waals surface area contributed by atoms with Gasteiger partial charge in [-0.05, 0) is 47.9 Å². The molecule has 0 heteroatoms. The quantitative estimate of drug-likeness (QED) is 0.657. The van der Waals surface area contributed by atoms with Crippen LogP contribution in [0.1, 0.15) is 24.0 Å². The van der Waals surface area contributed by atoms with Gasteiger partial charge in [0.25, 0.3) is 0 Å². The van der Waals surface area contributed by atoms with Crippen molar-refractivity contribution in [1.29, 1.82) is 0 Å². The number of hydrogen-bond acceptors (Lipinski definition) is 0. The molecule has 0 heterocycles. The maximum absolute atomic E-state index is 2.38. The molecule has 16 heavy (non-hydrogen) atoms. The number of aryl methyl sites for hydroxylation is 2. The first kappa shape index (κ1) is 9.65. The monoisotopic (exact) mass is 208 g/mol. The molecule has 0 unspecified atom stereocenters. The van der Waals surface area contributed by atoms with Crippen molar-refractivity contribution in [1.82, 2.24) is 0 Å². The zero-order valence-electron chi connectivity index (χ0n) is 9.45. The lowest BCUT2D eigenvalue weighted by atomic mass is 9.89. The maximum Gasteiger partial charge on any atom is -0.0181 e. The second-order valence-corrected chi connectivity index (χ2v) is 4.56. The highest BCUT2D eigenvalue weighted by atomic mass is 14.1. The van der Waals surface area contributed by atoms with Crippen molar-refractivity contribution < 1.29 is 0 Å². The molecule has 0 amide bonds. The zero-order chi connectivity index (χ0) is 10.8. The van der Waals surface area contributed by atoms with Gasteiger partial charge in [-0.15, -0.1) is 0 Å². The molecule has 0 saturated heterocycles. The summed E-state index contributed by atoms with van der Waals surface area (Å²) in [5.74, 6) is 0. The van der Waals surface area contributed by atoms with Crippen LogP contribution >= 0.6 is 0 Å². The molecule has 2 aromatic carbocycles. The fourth-order valence-electron chi connectivity index (χ4n) is 2.54. The van der Waals surface area contributed by atoms with Gasteiger partial charge in [0.15, 0.2) is 0 Å². The zero-order valence-corrected chi connectivity index (χ0v) is 9.45. The highest BCUT2D eigenvalue weighted by Gasteiger charge is 2.09. The Kier molecular flexibility index (Phi) is 2.49. The molecule has 0 radical (unpaired) electrons. The van der Waals surface area contributed by atoms with Crippen LogP contribution in [0.5, 0.6) is 0 Å². The average Bonchev–Trinajstić information content (AvgIpc) is 2.39. The van der Waals surface area contributed by atoms with Crippen molar-refractivity contribution in [3.63, 3.8) is 0 Å². The van der Waals surface area contributed by atoms with Gasteiger partial charge in [0.1, 0.15) is 0 Å². The largest absolute Gasteiger partial charge is 0.0622 e. The lowest BCUT2D eigenvalue weighted by Crippen LogP contribution is -2.02. The van der Waals surface area contributed by atoms with E-state index in [1.807, 2.05) is 0 Å². The lowest BCUT2D eigenvalue weighted by molar-refractivity contribution is 0.686. The molecule has 1 aliphatic carbocycles. The third-order valence-electron chi connectivity index (χ3n) is 3.46. The number of hydrogen-bond donors (Lipinski definition) is 0. The molecule has 3 rings (SSSR count). The first-order valence-corrected chi connectivity index (χ1v) is 6.11. The van der Waals surface area contributed by atoms with Crippen molar-refractivity contribution in [2.75, 3.05) is 0 Å². The molecule has 2 aromatic rings. The van der Waals surface area contributed by atoms with Crippen molar-refractivity contribution in [3.05, 3.63) is 59.7 Å². The van der Waals surface area contributed by atoms with E-state index < -0.39 is 0 Å². The SMILES string of the molecule is c1ccc(-c2ccc3c(c2)CCCC3)cc1. The number of fused-ring (bicyclic) bond motifs is 1. The summed E-state index contributed by atoms with van der Waals surface area (Å²) >= 11 is 0. The summed E-state index contributed by atoms with van der Waals surface area (Å²) in [6, 6.07) is 17.6. The Labute approximate surface area is 96.9 Å². The van der Waals surface area contributed by atoms with E-state index in [1.165, 1.54) is 36.8 Å². The van der Waals surface area contributed by atoms with Crippen molar-refractivity contribution in [2.24, 2.45) is 0 Å². The minimum Gasteiger partial charge on any atom is -0.0622 e. The molecule has 0 aliphatic heterocycles. The fourth-order valence-corrected chi connectivity index (χ4v) is 2.54. The van der Waals surface area contributed by atoms with Crippen molar-refractivity contribution in [3.8, 4) is 11.1 Å². The Bertz CT molecular complexity index is 483. The van der Waals surface area contributed by atoms with Crippen LogP contribution in [0.3, 0.4) is 0 Å². The molecule has 0 nitrogen and oxygen atoms in total. The van der Waals surface area contributed by atoms with Crippen LogP contribution in [0.25, 0.3) is 11.1 Å². The summed E-state index contributed by atoms with van der Waals surface area (Å²) in [6.45, 7) is 0. The van der Waals surface area contributed by atoms with Gasteiger partial charge in [0.05, 0.1) is 0 Å². The molecule has 0 bridgehead atoms. The van der Waals surface area contributed by atoms with Crippen molar-refractivity contribution in [2.45, 2.75) is 25.7 Å². The van der Waals surface area contributed by atoms with E-state index in [4.69, 9.17) is 0 Å². The number of rotatable bonds is 1. The van der Waals surface area contributed by atoms with Crippen LogP contribution in [0.15, 0.2) is 48.5 Å². The van der Waals surface area contributed by atoms with E-state index in [0.29, 0.717) is 0 Å². The third kappa shape index (κ3) is 1.76. The predicted octanol–water partition coefficient (Wildman–Crippen LogP) is 4.23. The van der Waals surface area contributed by atoms with Crippen LogP contribution < -0.4 is 0 Å². The van der Waals surface area contributed by atoms with Gasteiger partial charge < -0.3 is 0 Å². The third-order valence-corrected chi connectivity index (χ3v) is 3.46. The molecule has 0 aromatic heterocycles. The summed E-state index contributed by atoms with van der Waals surface area (Å²) in [5, 5.41) is 0. The summed E-state index contributed by atoms with van der Waals surface area (Å²) in [5.41, 5.74) is 5.82. The van der Waals surface area contributed by atoms with E-state index in [0.717, 1.165) is 0 Å². The molecule has 0 saturated carbocycles. The molecule has 1 aliphatic rings. The Morgan fingerprint density at radius 1 is 0.625 bits per heavy atom. The fraction of sp³-hybridized carbons (Fsp3) is 0.250. The first-order valence-electron chi connectivity index (χ1n) is 6.11. The molecular formula is C16H16. The summed E-state index contributed by atoms with van der Waals surface area (Å²) in [6.07, 6.45) is 5.24. The molecule has 0 atom stereocenters. The Balaban J connectivity index is 2.03. The highest BCUT2D eigenvalue weighted by Crippen LogP contribution is 2.27. The molecule has 0 spiro atoms. The van der Waals surface area contributed by atoms with Crippen LogP contribution in [-0.2, 0) is 12.8 Å². The Morgan fingerprint density at radius 2 is 1.38 bits per heavy atom. The van der Waals surface area contributed by atoms with Crippen LogP contribution in [0, 0.1) is 0 Å². The van der Waals surface area contributed by atoms with Gasteiger partial charge in [-0.1, -0.05) is 48.5 Å². The van der Waals surface area contributed by atoms with Gasteiger partial charge in [-0.25, -0.2) is 0 Å². The van der Waals surface area contributed by atoms with Gasteiger partial charge in [0.2, 0.25) is 0 Å². The highest BCUT2D eigenvalue weighted by molar-refractivity contribution is 5.64. The Morgan fingerprint density at radius 3 is 2.19 bits per heavy atom. The van der Waals surface area contributed by atoms with E-state index in [1.54, 1.807) is 11.1 Å². The Hall–Kier alpha value is -1.56. The van der Waals surface area contributed by atoms with Crippen LogP contribution in [0.2, 0.25) is 0 Å². The van der Waals surface area contributed by atoms with Gasteiger partial charge >= 0.3 is 0 Å². The maximum atomic E-state index is 2.38. The second kappa shape index (κ2) is 4.13. The summed E-state index contributed by atoms with van der Waals surface area (Å²) in [7, 11) is 0. The van der Waals surface area contributed by atoms with E-state index >= 15 is 0 Å². The molecule has 0 fully saturated rings. The second-order valence-electron chi connectivity index (χ2n) is 4.56. The molecule has 0 N–H and O–H groups in total. The van der Waals surface area contributed by atoms with E-state index in [-0.39, 0.29) is 0 Å². The topological polar surface area (TPSA) is 0 Å². The summed E-state index contributed by atoms with van der Waals surface area (Å²) < 4.78 is 0. The summed E-state index contributed by atoms with van der Waals surface area (Å²) in [4.78, 5) is 0. The van der Waals surface area contributed by atoms with Gasteiger partial charge in [-0.3, -0.25) is 0 Å². The first-order chi connectivity index (χ1) is 7.93. The predicted molar refractivity (Wildman–Crippen MR) is 68.5 cm³/mol.